The second-order valence-corrected chi connectivity index (χ2v) is 3.60. The molecule has 0 aromatic heterocycles. The lowest BCUT2D eigenvalue weighted by atomic mass is 9.91. The minimum atomic E-state index is -0.0580. The van der Waals surface area contributed by atoms with Gasteiger partial charge >= 0.3 is 0 Å². The number of hydrogen-bond acceptors (Lipinski definition) is 2. The van der Waals surface area contributed by atoms with Crippen LogP contribution in [0.25, 0.3) is 0 Å². The van der Waals surface area contributed by atoms with Gasteiger partial charge in [-0.25, -0.2) is 0 Å². The number of carbonyl (C=O) groups is 1. The van der Waals surface area contributed by atoms with E-state index in [0.717, 1.165) is 17.9 Å². The van der Waals surface area contributed by atoms with E-state index in [9.17, 15) is 4.79 Å². The van der Waals surface area contributed by atoms with Gasteiger partial charge in [-0.05, 0) is 24.8 Å². The van der Waals surface area contributed by atoms with Crippen LogP contribution < -0.4 is 5.32 Å². The van der Waals surface area contributed by atoms with Gasteiger partial charge < -0.3 is 10.1 Å². The molecule has 0 bridgehead atoms. The fourth-order valence-corrected chi connectivity index (χ4v) is 1.62. The molecule has 1 aliphatic carbocycles. The van der Waals surface area contributed by atoms with Crippen molar-refractivity contribution in [3.8, 4) is 0 Å². The number of fused-ring (bicyclic) bond motifs is 1. The Balaban J connectivity index is 2.32. The van der Waals surface area contributed by atoms with Crippen molar-refractivity contribution in [3.63, 3.8) is 0 Å². The minimum Gasteiger partial charge on any atom is -0.482 e. The molecule has 1 atom stereocenters. The third kappa shape index (κ3) is 1.34. The molecule has 13 heavy (non-hydrogen) atoms. The first-order valence-electron chi connectivity index (χ1n) is 4.52. The Morgan fingerprint density at radius 3 is 3.15 bits per heavy atom. The summed E-state index contributed by atoms with van der Waals surface area (Å²) in [5, 5.41) is 2.81. The van der Waals surface area contributed by atoms with Crippen molar-refractivity contribution in [1.29, 1.82) is 0 Å². The zero-order valence-corrected chi connectivity index (χ0v) is 7.89. The SMILES string of the molecule is CC1=C2OCC(=O)NC2=CCC1C. The molecule has 0 saturated carbocycles. The van der Waals surface area contributed by atoms with Crippen LogP contribution in [0.15, 0.2) is 23.1 Å². The van der Waals surface area contributed by atoms with E-state index < -0.39 is 0 Å². The Morgan fingerprint density at radius 2 is 2.38 bits per heavy atom. The third-order valence-corrected chi connectivity index (χ3v) is 2.64. The van der Waals surface area contributed by atoms with Crippen molar-refractivity contribution < 1.29 is 9.53 Å². The second kappa shape index (κ2) is 2.91. The van der Waals surface area contributed by atoms with Gasteiger partial charge in [0.15, 0.2) is 6.61 Å². The van der Waals surface area contributed by atoms with Crippen LogP contribution in [0.5, 0.6) is 0 Å². The monoisotopic (exact) mass is 179 g/mol. The summed E-state index contributed by atoms with van der Waals surface area (Å²) in [7, 11) is 0. The molecule has 1 N–H and O–H groups in total. The van der Waals surface area contributed by atoms with Crippen molar-refractivity contribution in [2.75, 3.05) is 6.61 Å². The van der Waals surface area contributed by atoms with E-state index in [1.165, 1.54) is 5.57 Å². The molecule has 0 radical (unpaired) electrons. The predicted octanol–water partition coefficient (Wildman–Crippen LogP) is 1.33. The van der Waals surface area contributed by atoms with Crippen LogP contribution in [0.2, 0.25) is 0 Å². The number of ether oxygens (including phenoxy) is 1. The summed E-state index contributed by atoms with van der Waals surface area (Å²) < 4.78 is 5.38. The highest BCUT2D eigenvalue weighted by atomic mass is 16.5. The average molecular weight is 179 g/mol. The summed E-state index contributed by atoms with van der Waals surface area (Å²) in [5.74, 6) is 1.34. The second-order valence-electron chi connectivity index (χ2n) is 3.60. The van der Waals surface area contributed by atoms with Gasteiger partial charge in [0.25, 0.3) is 5.91 Å². The molecule has 0 spiro atoms. The van der Waals surface area contributed by atoms with Crippen molar-refractivity contribution in [1.82, 2.24) is 5.32 Å². The molecule has 1 unspecified atom stereocenters. The maximum absolute atomic E-state index is 11.0. The first kappa shape index (κ1) is 8.35. The van der Waals surface area contributed by atoms with Crippen LogP contribution in [0.3, 0.4) is 0 Å². The highest BCUT2D eigenvalue weighted by Gasteiger charge is 2.25. The molecule has 3 heteroatoms. The van der Waals surface area contributed by atoms with Crippen LogP contribution in [0.1, 0.15) is 20.3 Å². The minimum absolute atomic E-state index is 0.0580. The fourth-order valence-electron chi connectivity index (χ4n) is 1.62. The van der Waals surface area contributed by atoms with Gasteiger partial charge in [0, 0.05) is 0 Å². The molecule has 2 aliphatic rings. The first-order valence-corrected chi connectivity index (χ1v) is 4.52. The highest BCUT2D eigenvalue weighted by molar-refractivity contribution is 5.81. The van der Waals surface area contributed by atoms with E-state index in [2.05, 4.69) is 19.2 Å². The Hall–Kier alpha value is -1.25. The van der Waals surface area contributed by atoms with Gasteiger partial charge in [-0.15, -0.1) is 0 Å². The summed E-state index contributed by atoms with van der Waals surface area (Å²) in [6.07, 6.45) is 3.01. The van der Waals surface area contributed by atoms with Crippen molar-refractivity contribution in [3.05, 3.63) is 23.1 Å². The number of hydrogen-bond donors (Lipinski definition) is 1. The van der Waals surface area contributed by atoms with E-state index in [1.54, 1.807) is 0 Å². The van der Waals surface area contributed by atoms with Crippen molar-refractivity contribution in [2.24, 2.45) is 5.92 Å². The lowest BCUT2D eigenvalue weighted by Gasteiger charge is -2.28. The van der Waals surface area contributed by atoms with Crippen LogP contribution in [-0.4, -0.2) is 12.5 Å². The molecule has 70 valence electrons. The summed E-state index contributed by atoms with van der Waals surface area (Å²) in [4.78, 5) is 11.0. The van der Waals surface area contributed by atoms with Gasteiger partial charge in [-0.1, -0.05) is 13.0 Å². The Labute approximate surface area is 77.5 Å². The molecule has 0 aromatic carbocycles. The molecular formula is C10H13NO2. The number of allylic oxidation sites excluding steroid dienone is 2. The van der Waals surface area contributed by atoms with Crippen molar-refractivity contribution in [2.45, 2.75) is 20.3 Å². The quantitative estimate of drug-likeness (QED) is 0.609. The van der Waals surface area contributed by atoms with E-state index in [4.69, 9.17) is 4.74 Å². The lowest BCUT2D eigenvalue weighted by molar-refractivity contribution is -0.125. The number of amides is 1. The zero-order valence-electron chi connectivity index (χ0n) is 7.89. The van der Waals surface area contributed by atoms with Gasteiger partial charge in [-0.2, -0.15) is 0 Å². The van der Waals surface area contributed by atoms with Gasteiger partial charge in [0.2, 0.25) is 0 Å². The predicted molar refractivity (Wildman–Crippen MR) is 48.7 cm³/mol. The van der Waals surface area contributed by atoms with Crippen LogP contribution in [-0.2, 0) is 9.53 Å². The Bertz CT molecular complexity index is 315. The number of rotatable bonds is 0. The molecule has 1 aliphatic heterocycles. The van der Waals surface area contributed by atoms with E-state index in [1.807, 2.05) is 6.08 Å². The van der Waals surface area contributed by atoms with Gasteiger partial charge in [0.05, 0.1) is 5.70 Å². The molecule has 3 nitrogen and oxygen atoms in total. The van der Waals surface area contributed by atoms with E-state index >= 15 is 0 Å². The largest absolute Gasteiger partial charge is 0.482 e. The molecule has 2 rings (SSSR count). The Kier molecular flexibility index (Phi) is 1.87. The smallest absolute Gasteiger partial charge is 0.262 e. The third-order valence-electron chi connectivity index (χ3n) is 2.64. The lowest BCUT2D eigenvalue weighted by Crippen LogP contribution is -2.35. The highest BCUT2D eigenvalue weighted by Crippen LogP contribution is 2.30. The van der Waals surface area contributed by atoms with E-state index in [0.29, 0.717) is 5.92 Å². The summed E-state index contributed by atoms with van der Waals surface area (Å²) >= 11 is 0. The van der Waals surface area contributed by atoms with Gasteiger partial charge in [-0.3, -0.25) is 4.79 Å². The molecular weight excluding hydrogens is 166 g/mol. The molecule has 0 aromatic rings. The summed E-state index contributed by atoms with van der Waals surface area (Å²) in [6.45, 7) is 4.37. The average Bonchev–Trinajstić information content (AvgIpc) is 2.12. The maximum atomic E-state index is 11.0. The first-order chi connectivity index (χ1) is 6.18. The molecule has 1 amide bonds. The zero-order chi connectivity index (χ0) is 9.42. The van der Waals surface area contributed by atoms with Crippen LogP contribution in [0.4, 0.5) is 0 Å². The maximum Gasteiger partial charge on any atom is 0.262 e. The number of nitrogens with one attached hydrogen (secondary N) is 1. The van der Waals surface area contributed by atoms with Crippen LogP contribution in [0, 0.1) is 5.92 Å². The summed E-state index contributed by atoms with van der Waals surface area (Å²) in [6, 6.07) is 0. The standard InChI is InChI=1S/C10H13NO2/c1-6-3-4-8-10(7(6)2)13-5-9(12)11-8/h4,6H,3,5H2,1-2H3,(H,11,12). The normalized spacial score (nSPS) is 27.4. The fraction of sp³-hybridized carbons (Fsp3) is 0.500. The topological polar surface area (TPSA) is 38.3 Å². The summed E-state index contributed by atoms with van der Waals surface area (Å²) in [5.41, 5.74) is 2.09. The molecule has 1 heterocycles. The molecule has 1 fully saturated rings. The number of morpholine rings is 1. The van der Waals surface area contributed by atoms with E-state index in [-0.39, 0.29) is 12.5 Å². The van der Waals surface area contributed by atoms with Crippen LogP contribution >= 0.6 is 0 Å². The van der Waals surface area contributed by atoms with Crippen molar-refractivity contribution >= 4 is 5.91 Å². The Morgan fingerprint density at radius 1 is 1.62 bits per heavy atom. The molecule has 1 saturated heterocycles. The number of carbonyl (C=O) groups excluding carboxylic acids is 1. The van der Waals surface area contributed by atoms with Gasteiger partial charge in [0.1, 0.15) is 5.76 Å².